The summed E-state index contributed by atoms with van der Waals surface area (Å²) in [4.78, 5) is 2.22. The maximum Gasteiger partial charge on any atom is 0.0424 e. The van der Waals surface area contributed by atoms with Crippen molar-refractivity contribution in [2.24, 2.45) is 5.73 Å². The number of halogens is 1. The zero-order chi connectivity index (χ0) is 13.7. The highest BCUT2D eigenvalue weighted by Gasteiger charge is 2.09. The topological polar surface area (TPSA) is 29.3 Å². The Morgan fingerprint density at radius 2 is 1.68 bits per heavy atom. The lowest BCUT2D eigenvalue weighted by Crippen LogP contribution is -2.28. The molecule has 0 saturated heterocycles. The van der Waals surface area contributed by atoms with E-state index in [0.717, 1.165) is 18.1 Å². The van der Waals surface area contributed by atoms with Crippen LogP contribution in [0.1, 0.15) is 17.2 Å². The van der Waals surface area contributed by atoms with Crippen LogP contribution in [0.25, 0.3) is 0 Å². The lowest BCUT2D eigenvalue weighted by atomic mass is 10.1. The highest BCUT2D eigenvalue weighted by molar-refractivity contribution is 6.30. The summed E-state index contributed by atoms with van der Waals surface area (Å²) in [6.07, 6.45) is 0. The Morgan fingerprint density at radius 1 is 1.05 bits per heavy atom. The molecule has 3 heteroatoms. The van der Waals surface area contributed by atoms with Crippen LogP contribution in [0, 0.1) is 0 Å². The maximum atomic E-state index is 6.21. The molecular weight excluding hydrogens is 256 g/mol. The predicted molar refractivity (Wildman–Crippen MR) is 81.2 cm³/mol. The van der Waals surface area contributed by atoms with E-state index in [1.165, 1.54) is 11.1 Å². The van der Waals surface area contributed by atoms with Gasteiger partial charge in [0, 0.05) is 24.2 Å². The van der Waals surface area contributed by atoms with Gasteiger partial charge in [0.1, 0.15) is 0 Å². The average Bonchev–Trinajstić information content (AvgIpc) is 2.42. The molecule has 1 unspecified atom stereocenters. The molecule has 0 aliphatic rings. The van der Waals surface area contributed by atoms with Crippen molar-refractivity contribution in [3.63, 3.8) is 0 Å². The Morgan fingerprint density at radius 3 is 2.32 bits per heavy atom. The molecular formula is C16H19ClN2. The van der Waals surface area contributed by atoms with Gasteiger partial charge in [0.15, 0.2) is 0 Å². The van der Waals surface area contributed by atoms with E-state index in [4.69, 9.17) is 17.3 Å². The molecule has 2 aromatic carbocycles. The van der Waals surface area contributed by atoms with Crippen LogP contribution < -0.4 is 5.73 Å². The van der Waals surface area contributed by atoms with E-state index in [0.29, 0.717) is 0 Å². The molecule has 0 heterocycles. The molecule has 2 rings (SSSR count). The monoisotopic (exact) mass is 274 g/mol. The van der Waals surface area contributed by atoms with Crippen LogP contribution in [0.2, 0.25) is 5.02 Å². The first-order valence-corrected chi connectivity index (χ1v) is 6.76. The van der Waals surface area contributed by atoms with Crippen molar-refractivity contribution in [3.05, 3.63) is 70.7 Å². The third-order valence-corrected chi connectivity index (χ3v) is 3.35. The Hall–Kier alpha value is -1.35. The van der Waals surface area contributed by atoms with Gasteiger partial charge in [-0.3, -0.25) is 0 Å². The van der Waals surface area contributed by atoms with E-state index in [9.17, 15) is 0 Å². The smallest absolute Gasteiger partial charge is 0.0424 e. The summed E-state index contributed by atoms with van der Waals surface area (Å²) >= 11 is 5.88. The number of hydrogen-bond acceptors (Lipinski definition) is 2. The minimum atomic E-state index is 0.0403. The van der Waals surface area contributed by atoms with Gasteiger partial charge >= 0.3 is 0 Å². The minimum absolute atomic E-state index is 0.0403. The largest absolute Gasteiger partial charge is 0.323 e. The van der Waals surface area contributed by atoms with E-state index < -0.39 is 0 Å². The van der Waals surface area contributed by atoms with Crippen molar-refractivity contribution in [1.82, 2.24) is 4.90 Å². The fourth-order valence-electron chi connectivity index (χ4n) is 2.11. The molecule has 1 atom stereocenters. The van der Waals surface area contributed by atoms with E-state index in [1.54, 1.807) is 0 Å². The molecule has 0 amide bonds. The van der Waals surface area contributed by atoms with E-state index in [2.05, 4.69) is 24.1 Å². The molecule has 0 saturated carbocycles. The van der Waals surface area contributed by atoms with Gasteiger partial charge in [0.25, 0.3) is 0 Å². The summed E-state index contributed by atoms with van der Waals surface area (Å²) in [5, 5.41) is 0.771. The fourth-order valence-corrected chi connectivity index (χ4v) is 2.23. The number of nitrogens with two attached hydrogens (primary N) is 1. The number of hydrogen-bond donors (Lipinski definition) is 1. The zero-order valence-electron chi connectivity index (χ0n) is 11.1. The van der Waals surface area contributed by atoms with Crippen molar-refractivity contribution in [1.29, 1.82) is 0 Å². The second kappa shape index (κ2) is 6.71. The summed E-state index contributed by atoms with van der Waals surface area (Å²) in [5.41, 5.74) is 8.63. The average molecular weight is 275 g/mol. The van der Waals surface area contributed by atoms with Crippen molar-refractivity contribution in [2.75, 3.05) is 13.6 Å². The van der Waals surface area contributed by atoms with Gasteiger partial charge in [-0.1, -0.05) is 54.1 Å². The summed E-state index contributed by atoms with van der Waals surface area (Å²) in [6.45, 7) is 1.70. The van der Waals surface area contributed by atoms with Crippen LogP contribution in [0.3, 0.4) is 0 Å². The Labute approximate surface area is 119 Å². The molecule has 19 heavy (non-hydrogen) atoms. The minimum Gasteiger partial charge on any atom is -0.323 e. The van der Waals surface area contributed by atoms with Crippen LogP contribution in [-0.2, 0) is 6.54 Å². The van der Waals surface area contributed by atoms with Crippen molar-refractivity contribution >= 4 is 11.6 Å². The fraction of sp³-hybridized carbons (Fsp3) is 0.250. The molecule has 2 aromatic rings. The van der Waals surface area contributed by atoms with Crippen LogP contribution in [0.15, 0.2) is 54.6 Å². The second-order valence-corrected chi connectivity index (χ2v) is 5.28. The van der Waals surface area contributed by atoms with Crippen LogP contribution >= 0.6 is 11.6 Å². The maximum absolute atomic E-state index is 6.21. The Kier molecular flexibility index (Phi) is 4.97. The second-order valence-electron chi connectivity index (χ2n) is 4.84. The highest BCUT2D eigenvalue weighted by atomic mass is 35.5. The third-order valence-electron chi connectivity index (χ3n) is 3.10. The number of likely N-dealkylation sites (N-methyl/N-ethyl adjacent to an activating group) is 1. The first-order valence-electron chi connectivity index (χ1n) is 6.38. The Balaban J connectivity index is 1.90. The first kappa shape index (κ1) is 14.1. The molecule has 0 aromatic heterocycles. The predicted octanol–water partition coefficient (Wildman–Crippen LogP) is 3.47. The summed E-state index contributed by atoms with van der Waals surface area (Å²) in [7, 11) is 2.08. The SMILES string of the molecule is CN(Cc1ccc(Cl)cc1)CC(N)c1ccccc1. The van der Waals surface area contributed by atoms with Crippen molar-refractivity contribution < 1.29 is 0 Å². The number of rotatable bonds is 5. The molecule has 100 valence electrons. The molecule has 0 aliphatic carbocycles. The van der Waals surface area contributed by atoms with Gasteiger partial charge in [0.2, 0.25) is 0 Å². The van der Waals surface area contributed by atoms with Crippen LogP contribution in [-0.4, -0.2) is 18.5 Å². The molecule has 0 bridgehead atoms. The lowest BCUT2D eigenvalue weighted by molar-refractivity contribution is 0.305. The van der Waals surface area contributed by atoms with E-state index in [1.807, 2.05) is 42.5 Å². The van der Waals surface area contributed by atoms with Gasteiger partial charge < -0.3 is 10.6 Å². The van der Waals surface area contributed by atoms with Crippen LogP contribution in [0.4, 0.5) is 0 Å². The summed E-state index contributed by atoms with van der Waals surface area (Å²) < 4.78 is 0. The molecule has 0 fully saturated rings. The zero-order valence-corrected chi connectivity index (χ0v) is 11.8. The number of benzene rings is 2. The molecule has 0 radical (unpaired) electrons. The summed E-state index contributed by atoms with van der Waals surface area (Å²) in [5.74, 6) is 0. The molecule has 0 aliphatic heterocycles. The summed E-state index contributed by atoms with van der Waals surface area (Å²) in [6, 6.07) is 18.2. The van der Waals surface area contributed by atoms with Gasteiger partial charge in [-0.15, -0.1) is 0 Å². The van der Waals surface area contributed by atoms with Crippen LogP contribution in [0.5, 0.6) is 0 Å². The first-order chi connectivity index (χ1) is 9.15. The standard InChI is InChI=1S/C16H19ClN2/c1-19(11-13-7-9-15(17)10-8-13)12-16(18)14-5-3-2-4-6-14/h2-10,16H,11-12,18H2,1H3. The third kappa shape index (κ3) is 4.35. The van der Waals surface area contributed by atoms with Gasteiger partial charge in [-0.05, 0) is 30.3 Å². The normalized spacial score (nSPS) is 12.6. The molecule has 0 spiro atoms. The van der Waals surface area contributed by atoms with Crippen molar-refractivity contribution in [3.8, 4) is 0 Å². The lowest BCUT2D eigenvalue weighted by Gasteiger charge is -2.21. The van der Waals surface area contributed by atoms with Gasteiger partial charge in [0.05, 0.1) is 0 Å². The quantitative estimate of drug-likeness (QED) is 0.905. The van der Waals surface area contributed by atoms with Gasteiger partial charge in [-0.25, -0.2) is 0 Å². The molecule has 2 nitrogen and oxygen atoms in total. The van der Waals surface area contributed by atoms with Crippen molar-refractivity contribution in [2.45, 2.75) is 12.6 Å². The highest BCUT2D eigenvalue weighted by Crippen LogP contribution is 2.14. The number of nitrogens with zero attached hydrogens (tertiary/aromatic N) is 1. The van der Waals surface area contributed by atoms with E-state index >= 15 is 0 Å². The van der Waals surface area contributed by atoms with Gasteiger partial charge in [-0.2, -0.15) is 0 Å². The Bertz CT molecular complexity index is 496. The van der Waals surface area contributed by atoms with E-state index in [-0.39, 0.29) is 6.04 Å². The molecule has 2 N–H and O–H groups in total.